The summed E-state index contributed by atoms with van der Waals surface area (Å²) < 4.78 is 0. The molecular formula is C8H7N2O3. The van der Waals surface area contributed by atoms with Crippen LogP contribution >= 0.6 is 0 Å². The lowest BCUT2D eigenvalue weighted by Gasteiger charge is -1.97. The summed E-state index contributed by atoms with van der Waals surface area (Å²) in [7, 11) is 3.17. The van der Waals surface area contributed by atoms with E-state index in [0.29, 0.717) is 0 Å². The van der Waals surface area contributed by atoms with E-state index in [-0.39, 0.29) is 11.3 Å². The molecule has 1 aromatic rings. The topological polar surface area (TPSA) is 72.2 Å². The summed E-state index contributed by atoms with van der Waals surface area (Å²) in [4.78, 5) is 20.8. The number of rotatable bonds is 2. The van der Waals surface area contributed by atoms with Gasteiger partial charge in [-0.2, -0.15) is 0 Å². The van der Waals surface area contributed by atoms with Gasteiger partial charge in [0, 0.05) is 24.7 Å². The number of amides is 1. The molecule has 1 N–H and O–H groups in total. The van der Waals surface area contributed by atoms with E-state index >= 15 is 0 Å². The molecule has 1 aromatic carbocycles. The molecule has 5 nitrogen and oxygen atoms in total. The normalized spacial score (nSPS) is 9.31. The predicted octanol–water partition coefficient (Wildman–Crippen LogP) is 1.12. The molecule has 0 atom stereocenters. The average Bonchev–Trinajstić information content (AvgIpc) is 2.17. The van der Waals surface area contributed by atoms with Crippen molar-refractivity contribution in [2.45, 2.75) is 0 Å². The monoisotopic (exact) mass is 179 g/mol. The molecule has 0 bridgehead atoms. The van der Waals surface area contributed by atoms with Crippen molar-refractivity contribution in [3.63, 3.8) is 0 Å². The van der Waals surface area contributed by atoms with Crippen LogP contribution in [-0.2, 0) is 0 Å². The molecule has 0 aromatic heterocycles. The van der Waals surface area contributed by atoms with Crippen molar-refractivity contribution >= 4 is 11.6 Å². The van der Waals surface area contributed by atoms with E-state index < -0.39 is 10.8 Å². The van der Waals surface area contributed by atoms with Gasteiger partial charge in [-0.15, -0.1) is 0 Å². The molecule has 5 heteroatoms. The number of hydrogen-bond acceptors (Lipinski definition) is 3. The second-order valence-corrected chi connectivity index (χ2v) is 2.31. The first-order valence-electron chi connectivity index (χ1n) is 3.47. The van der Waals surface area contributed by atoms with Gasteiger partial charge in [-0.05, 0) is 6.07 Å². The molecule has 0 unspecified atom stereocenters. The molecule has 0 heterocycles. The zero-order chi connectivity index (χ0) is 9.84. The predicted molar refractivity (Wildman–Crippen MR) is 45.9 cm³/mol. The summed E-state index contributed by atoms with van der Waals surface area (Å²) >= 11 is 0. The number of benzene rings is 1. The first-order valence-corrected chi connectivity index (χ1v) is 3.47. The number of nitrogens with zero attached hydrogens (tertiary/aromatic N) is 1. The van der Waals surface area contributed by atoms with Crippen LogP contribution in [0.4, 0.5) is 5.69 Å². The number of non-ortho nitro benzene ring substituents is 1. The number of nitrogens with one attached hydrogen (secondary N) is 1. The number of nitro groups is 1. The Morgan fingerprint density at radius 2 is 2.23 bits per heavy atom. The maximum atomic E-state index is 11.0. The van der Waals surface area contributed by atoms with Crippen LogP contribution in [0.5, 0.6) is 0 Å². The summed E-state index contributed by atoms with van der Waals surface area (Å²) in [5.74, 6) is -0.441. The fourth-order valence-electron chi connectivity index (χ4n) is 0.863. The number of carbonyl (C=O) groups is 1. The van der Waals surface area contributed by atoms with Crippen molar-refractivity contribution in [2.24, 2.45) is 0 Å². The van der Waals surface area contributed by atoms with E-state index in [1.165, 1.54) is 24.3 Å². The minimum atomic E-state index is -0.556. The van der Waals surface area contributed by atoms with E-state index in [1.54, 1.807) is 0 Å². The maximum Gasteiger partial charge on any atom is 0.270 e. The van der Waals surface area contributed by atoms with Gasteiger partial charge in [-0.25, -0.2) is 0 Å². The highest BCUT2D eigenvalue weighted by Crippen LogP contribution is 2.12. The molecule has 0 fully saturated rings. The van der Waals surface area contributed by atoms with Crippen molar-refractivity contribution < 1.29 is 9.72 Å². The molecule has 0 saturated carbocycles. The van der Waals surface area contributed by atoms with Gasteiger partial charge in [-0.3, -0.25) is 14.9 Å². The largest absolute Gasteiger partial charge is 0.350 e. The molecule has 13 heavy (non-hydrogen) atoms. The zero-order valence-electron chi connectivity index (χ0n) is 6.69. The van der Waals surface area contributed by atoms with Crippen LogP contribution in [0.2, 0.25) is 0 Å². The smallest absolute Gasteiger partial charge is 0.270 e. The van der Waals surface area contributed by atoms with Gasteiger partial charge in [0.1, 0.15) is 0 Å². The van der Waals surface area contributed by atoms with E-state index in [1.807, 2.05) is 0 Å². The van der Waals surface area contributed by atoms with Crippen LogP contribution < -0.4 is 5.32 Å². The van der Waals surface area contributed by atoms with Gasteiger partial charge in [0.2, 0.25) is 0 Å². The summed E-state index contributed by atoms with van der Waals surface area (Å²) in [6, 6.07) is 5.44. The average molecular weight is 179 g/mol. The third-order valence-corrected chi connectivity index (χ3v) is 1.48. The summed E-state index contributed by atoms with van der Waals surface area (Å²) in [5.41, 5.74) is 0.116. The van der Waals surface area contributed by atoms with Gasteiger partial charge in [0.25, 0.3) is 11.6 Å². The Morgan fingerprint density at radius 3 is 2.77 bits per heavy atom. The molecule has 1 rings (SSSR count). The SMILES string of the molecule is [CH2]NC(=O)c1cccc([N+](=O)[O-])c1. The van der Waals surface area contributed by atoms with Crippen LogP contribution in [-0.4, -0.2) is 10.8 Å². The fraction of sp³-hybridized carbons (Fsp3) is 0. The highest BCUT2D eigenvalue weighted by atomic mass is 16.6. The lowest BCUT2D eigenvalue weighted by Crippen LogP contribution is -2.15. The van der Waals surface area contributed by atoms with Gasteiger partial charge >= 0.3 is 0 Å². The first-order chi connectivity index (χ1) is 6.15. The molecular weight excluding hydrogens is 172 g/mol. The van der Waals surface area contributed by atoms with Crippen molar-refractivity contribution in [1.29, 1.82) is 0 Å². The maximum absolute atomic E-state index is 11.0. The minimum absolute atomic E-state index is 0.110. The zero-order valence-corrected chi connectivity index (χ0v) is 6.69. The second kappa shape index (κ2) is 3.66. The Balaban J connectivity index is 3.05. The highest BCUT2D eigenvalue weighted by Gasteiger charge is 2.09. The van der Waals surface area contributed by atoms with E-state index in [2.05, 4.69) is 12.4 Å². The van der Waals surface area contributed by atoms with Crippen LogP contribution in [0.1, 0.15) is 10.4 Å². The third-order valence-electron chi connectivity index (χ3n) is 1.48. The molecule has 0 aliphatic carbocycles. The van der Waals surface area contributed by atoms with Crippen molar-refractivity contribution in [3.8, 4) is 0 Å². The highest BCUT2D eigenvalue weighted by molar-refractivity contribution is 5.94. The van der Waals surface area contributed by atoms with E-state index in [9.17, 15) is 14.9 Å². The Hall–Kier alpha value is -1.91. The van der Waals surface area contributed by atoms with Crippen LogP contribution in [0.25, 0.3) is 0 Å². The number of hydrogen-bond donors (Lipinski definition) is 1. The third kappa shape index (κ3) is 2.02. The fourth-order valence-corrected chi connectivity index (χ4v) is 0.863. The molecule has 0 saturated heterocycles. The van der Waals surface area contributed by atoms with Gasteiger partial charge in [-0.1, -0.05) is 6.07 Å². The Bertz CT molecular complexity index is 349. The first kappa shape index (κ1) is 9.18. The summed E-state index contributed by atoms with van der Waals surface area (Å²) in [5, 5.41) is 12.5. The number of carbonyl (C=O) groups excluding carboxylic acids is 1. The summed E-state index contributed by atoms with van der Waals surface area (Å²) in [6.45, 7) is 0. The van der Waals surface area contributed by atoms with Crippen molar-refractivity contribution in [1.82, 2.24) is 5.32 Å². The molecule has 67 valence electrons. The lowest BCUT2D eigenvalue weighted by molar-refractivity contribution is -0.384. The Labute approximate surface area is 74.5 Å². The van der Waals surface area contributed by atoms with Gasteiger partial charge < -0.3 is 5.32 Å². The molecule has 0 aliphatic rings. The lowest BCUT2D eigenvalue weighted by atomic mass is 10.2. The second-order valence-electron chi connectivity index (χ2n) is 2.31. The quantitative estimate of drug-likeness (QED) is 0.546. The molecule has 1 amide bonds. The van der Waals surface area contributed by atoms with Crippen molar-refractivity contribution in [2.75, 3.05) is 0 Å². The van der Waals surface area contributed by atoms with Gasteiger partial charge in [0.15, 0.2) is 0 Å². The van der Waals surface area contributed by atoms with Crippen molar-refractivity contribution in [3.05, 3.63) is 47.0 Å². The van der Waals surface area contributed by atoms with Crippen LogP contribution in [0.15, 0.2) is 24.3 Å². The van der Waals surface area contributed by atoms with Gasteiger partial charge in [0.05, 0.1) is 4.92 Å². The summed E-state index contributed by atoms with van der Waals surface area (Å²) in [6.07, 6.45) is 0. The van der Waals surface area contributed by atoms with Crippen LogP contribution in [0, 0.1) is 17.2 Å². The molecule has 0 aliphatic heterocycles. The van der Waals surface area contributed by atoms with Crippen LogP contribution in [0.3, 0.4) is 0 Å². The Kier molecular flexibility index (Phi) is 2.59. The standard InChI is InChI=1S/C8H7N2O3/c1-9-8(11)6-3-2-4-7(5-6)10(12)13/h2-5H,1H2,(H,9,11). The molecule has 0 spiro atoms. The minimum Gasteiger partial charge on any atom is -0.350 e. The van der Waals surface area contributed by atoms with E-state index in [4.69, 9.17) is 0 Å². The molecule has 1 radical (unpaired) electrons. The number of nitro benzene ring substituents is 1. The van der Waals surface area contributed by atoms with E-state index in [0.717, 1.165) is 0 Å². The Morgan fingerprint density at radius 1 is 1.54 bits per heavy atom.